The van der Waals surface area contributed by atoms with E-state index in [1.54, 1.807) is 0 Å². The van der Waals surface area contributed by atoms with E-state index in [-0.39, 0.29) is 0 Å². The molecule has 2 nitrogen and oxygen atoms in total. The minimum absolute atomic E-state index is 0.613. The van der Waals surface area contributed by atoms with Gasteiger partial charge in [-0.2, -0.15) is 0 Å². The maximum absolute atomic E-state index is 4.44. The fourth-order valence-corrected chi connectivity index (χ4v) is 1.61. The van der Waals surface area contributed by atoms with E-state index >= 15 is 0 Å². The van der Waals surface area contributed by atoms with Gasteiger partial charge in [-0.05, 0) is 19.3 Å². The normalized spacial score (nSPS) is 31.2. The molecule has 2 rings (SSSR count). The lowest BCUT2D eigenvalue weighted by Crippen LogP contribution is -2.10. The quantitative estimate of drug-likeness (QED) is 0.519. The SMILES string of the molecule is C1=NCCC1C1=NCCC1. The molecular weight excluding hydrogens is 124 g/mol. The lowest BCUT2D eigenvalue weighted by molar-refractivity contribution is 0.844. The Bertz CT molecular complexity index is 182. The largest absolute Gasteiger partial charge is 0.297 e. The van der Waals surface area contributed by atoms with E-state index in [1.165, 1.54) is 25.0 Å². The van der Waals surface area contributed by atoms with Gasteiger partial charge in [-0.25, -0.2) is 0 Å². The van der Waals surface area contributed by atoms with Crippen LogP contribution >= 0.6 is 0 Å². The number of hydrogen-bond donors (Lipinski definition) is 0. The zero-order valence-corrected chi connectivity index (χ0v) is 6.08. The van der Waals surface area contributed by atoms with Crippen LogP contribution in [0.5, 0.6) is 0 Å². The molecule has 0 N–H and O–H groups in total. The first-order chi connectivity index (χ1) is 4.97. The molecule has 0 aromatic heterocycles. The lowest BCUT2D eigenvalue weighted by Gasteiger charge is -2.03. The highest BCUT2D eigenvalue weighted by atomic mass is 14.8. The summed E-state index contributed by atoms with van der Waals surface area (Å²) in [4.78, 5) is 8.65. The van der Waals surface area contributed by atoms with Crippen LogP contribution in [0, 0.1) is 5.92 Å². The van der Waals surface area contributed by atoms with Crippen molar-refractivity contribution in [3.05, 3.63) is 0 Å². The van der Waals surface area contributed by atoms with E-state index in [4.69, 9.17) is 0 Å². The molecule has 2 heteroatoms. The van der Waals surface area contributed by atoms with E-state index in [2.05, 4.69) is 16.2 Å². The topological polar surface area (TPSA) is 24.7 Å². The van der Waals surface area contributed by atoms with Crippen LogP contribution < -0.4 is 0 Å². The standard InChI is InChI=1S/C8H12N2/c1-2-8(10-4-1)7-3-5-9-6-7/h6-7H,1-5H2. The highest BCUT2D eigenvalue weighted by molar-refractivity contribution is 6.00. The molecule has 2 aliphatic rings. The Morgan fingerprint density at radius 1 is 1.40 bits per heavy atom. The third-order valence-corrected chi connectivity index (χ3v) is 2.19. The predicted molar refractivity (Wildman–Crippen MR) is 43.0 cm³/mol. The molecule has 54 valence electrons. The fraction of sp³-hybridized carbons (Fsp3) is 0.750. The molecule has 1 unspecified atom stereocenters. The Morgan fingerprint density at radius 2 is 2.40 bits per heavy atom. The van der Waals surface area contributed by atoms with Crippen LogP contribution in [0.2, 0.25) is 0 Å². The predicted octanol–water partition coefficient (Wildman–Crippen LogP) is 1.31. The summed E-state index contributed by atoms with van der Waals surface area (Å²) in [5, 5.41) is 0. The third kappa shape index (κ3) is 0.981. The summed E-state index contributed by atoms with van der Waals surface area (Å²) in [6, 6.07) is 0. The Hall–Kier alpha value is -0.660. The van der Waals surface area contributed by atoms with E-state index in [9.17, 15) is 0 Å². The molecule has 0 fully saturated rings. The van der Waals surface area contributed by atoms with Crippen LogP contribution in [-0.2, 0) is 0 Å². The van der Waals surface area contributed by atoms with Crippen LogP contribution in [0.4, 0.5) is 0 Å². The zero-order valence-electron chi connectivity index (χ0n) is 6.08. The highest BCUT2D eigenvalue weighted by Crippen LogP contribution is 2.17. The van der Waals surface area contributed by atoms with E-state index in [0.717, 1.165) is 13.1 Å². The molecule has 10 heavy (non-hydrogen) atoms. The van der Waals surface area contributed by atoms with Crippen molar-refractivity contribution in [3.8, 4) is 0 Å². The maximum Gasteiger partial charge on any atom is 0.0395 e. The number of nitrogens with zero attached hydrogens (tertiary/aromatic N) is 2. The number of rotatable bonds is 1. The van der Waals surface area contributed by atoms with Crippen molar-refractivity contribution in [2.75, 3.05) is 13.1 Å². The summed E-state index contributed by atoms with van der Waals surface area (Å²) in [7, 11) is 0. The molecule has 0 bridgehead atoms. The molecule has 0 aliphatic carbocycles. The molecule has 2 heterocycles. The molecule has 1 atom stereocenters. The monoisotopic (exact) mass is 136 g/mol. The minimum atomic E-state index is 0.613. The van der Waals surface area contributed by atoms with Crippen LogP contribution in [0.1, 0.15) is 19.3 Å². The molecule has 2 aliphatic heterocycles. The molecule has 0 saturated carbocycles. The second-order valence-corrected chi connectivity index (χ2v) is 2.93. The number of aliphatic imine (C=N–C) groups is 2. The van der Waals surface area contributed by atoms with Crippen LogP contribution in [-0.4, -0.2) is 25.0 Å². The molecule has 0 aromatic carbocycles. The van der Waals surface area contributed by atoms with Crippen molar-refractivity contribution in [2.24, 2.45) is 15.9 Å². The summed E-state index contributed by atoms with van der Waals surface area (Å²) < 4.78 is 0. The molecule has 0 radical (unpaired) electrons. The molecule has 0 spiro atoms. The van der Waals surface area contributed by atoms with Gasteiger partial charge in [0.15, 0.2) is 0 Å². The first-order valence-electron chi connectivity index (χ1n) is 4.00. The van der Waals surface area contributed by atoms with E-state index < -0.39 is 0 Å². The lowest BCUT2D eigenvalue weighted by atomic mass is 10.0. The Labute approximate surface area is 61.1 Å². The second-order valence-electron chi connectivity index (χ2n) is 2.93. The summed E-state index contributed by atoms with van der Waals surface area (Å²) >= 11 is 0. The van der Waals surface area contributed by atoms with Gasteiger partial charge in [-0.3, -0.25) is 9.98 Å². The zero-order chi connectivity index (χ0) is 6.81. The Kier molecular flexibility index (Phi) is 1.53. The van der Waals surface area contributed by atoms with Crippen molar-refractivity contribution in [3.63, 3.8) is 0 Å². The van der Waals surface area contributed by atoms with Crippen molar-refractivity contribution in [1.82, 2.24) is 0 Å². The van der Waals surface area contributed by atoms with Gasteiger partial charge in [0.2, 0.25) is 0 Å². The minimum Gasteiger partial charge on any atom is -0.297 e. The molecule has 0 amide bonds. The van der Waals surface area contributed by atoms with Crippen LogP contribution in [0.15, 0.2) is 9.98 Å². The molecule has 0 saturated heterocycles. The summed E-state index contributed by atoms with van der Waals surface area (Å²) in [5.74, 6) is 0.613. The Morgan fingerprint density at radius 3 is 3.00 bits per heavy atom. The van der Waals surface area contributed by atoms with E-state index in [1.807, 2.05) is 0 Å². The molecular formula is C8H12N2. The van der Waals surface area contributed by atoms with Crippen molar-refractivity contribution >= 4 is 11.9 Å². The third-order valence-electron chi connectivity index (χ3n) is 2.19. The smallest absolute Gasteiger partial charge is 0.0395 e. The van der Waals surface area contributed by atoms with Gasteiger partial charge < -0.3 is 0 Å². The first kappa shape index (κ1) is 6.08. The molecule has 0 aromatic rings. The van der Waals surface area contributed by atoms with Gasteiger partial charge in [0.05, 0.1) is 0 Å². The summed E-state index contributed by atoms with van der Waals surface area (Å²) in [6.45, 7) is 2.07. The van der Waals surface area contributed by atoms with Gasteiger partial charge in [0.25, 0.3) is 0 Å². The van der Waals surface area contributed by atoms with Gasteiger partial charge in [0.1, 0.15) is 0 Å². The average molecular weight is 136 g/mol. The average Bonchev–Trinajstić information content (AvgIpc) is 2.59. The maximum atomic E-state index is 4.44. The highest BCUT2D eigenvalue weighted by Gasteiger charge is 2.18. The van der Waals surface area contributed by atoms with Gasteiger partial charge >= 0.3 is 0 Å². The number of hydrogen-bond acceptors (Lipinski definition) is 2. The van der Waals surface area contributed by atoms with E-state index in [0.29, 0.717) is 5.92 Å². The van der Waals surface area contributed by atoms with Gasteiger partial charge in [-0.1, -0.05) is 0 Å². The van der Waals surface area contributed by atoms with Crippen molar-refractivity contribution < 1.29 is 0 Å². The van der Waals surface area contributed by atoms with Gasteiger partial charge in [-0.15, -0.1) is 0 Å². The Balaban J connectivity index is 2.04. The van der Waals surface area contributed by atoms with Crippen LogP contribution in [0.25, 0.3) is 0 Å². The summed E-state index contributed by atoms with van der Waals surface area (Å²) in [5.41, 5.74) is 1.40. The second kappa shape index (κ2) is 2.52. The fourth-order valence-electron chi connectivity index (χ4n) is 1.61. The van der Waals surface area contributed by atoms with Crippen molar-refractivity contribution in [1.29, 1.82) is 0 Å². The summed E-state index contributed by atoms with van der Waals surface area (Å²) in [6.07, 6.45) is 5.76. The first-order valence-corrected chi connectivity index (χ1v) is 4.00. The van der Waals surface area contributed by atoms with Gasteiger partial charge in [0, 0.05) is 30.9 Å². The van der Waals surface area contributed by atoms with Crippen LogP contribution in [0.3, 0.4) is 0 Å². The van der Waals surface area contributed by atoms with Crippen molar-refractivity contribution in [2.45, 2.75) is 19.3 Å².